The van der Waals surface area contributed by atoms with E-state index in [2.05, 4.69) is 228 Å². The lowest BCUT2D eigenvalue weighted by molar-refractivity contribution is 1.17. The molecule has 0 fully saturated rings. The van der Waals surface area contributed by atoms with Gasteiger partial charge in [-0.1, -0.05) is 170 Å². The van der Waals surface area contributed by atoms with Gasteiger partial charge in [0.1, 0.15) is 0 Å². The number of aromatic nitrogens is 2. The van der Waals surface area contributed by atoms with Crippen molar-refractivity contribution < 1.29 is 0 Å². The molecule has 0 bridgehead atoms. The van der Waals surface area contributed by atoms with Crippen LogP contribution in [0.1, 0.15) is 0 Å². The predicted molar refractivity (Wildman–Crippen MR) is 266 cm³/mol. The monoisotopic (exact) mass is 784 g/mol. The highest BCUT2D eigenvalue weighted by Crippen LogP contribution is 2.48. The molecule has 2 heteroatoms. The van der Waals surface area contributed by atoms with Crippen LogP contribution in [0.25, 0.3) is 131 Å². The third kappa shape index (κ3) is 4.53. The first-order valence-corrected chi connectivity index (χ1v) is 21.5. The summed E-state index contributed by atoms with van der Waals surface area (Å²) in [4.78, 5) is 0. The first-order chi connectivity index (χ1) is 30.8. The third-order valence-corrected chi connectivity index (χ3v) is 13.7. The van der Waals surface area contributed by atoms with E-state index in [1.165, 1.54) is 119 Å². The first-order valence-electron chi connectivity index (χ1n) is 21.5. The van der Waals surface area contributed by atoms with E-state index in [9.17, 15) is 0 Å². The number of hydrogen-bond donors (Lipinski definition) is 0. The number of hydrogen-bond acceptors (Lipinski definition) is 0. The molecule has 2 aromatic heterocycles. The van der Waals surface area contributed by atoms with Crippen LogP contribution in [-0.2, 0) is 0 Å². The molecule has 0 atom stereocenters. The average Bonchev–Trinajstić information content (AvgIpc) is 3.85. The largest absolute Gasteiger partial charge is 0.309 e. The highest BCUT2D eigenvalue weighted by Gasteiger charge is 2.21. The molecule has 0 radical (unpaired) electrons. The Balaban J connectivity index is 1.13. The number of benzene rings is 10. The van der Waals surface area contributed by atoms with Crippen molar-refractivity contribution in [1.29, 1.82) is 0 Å². The molecule has 14 rings (SSSR count). The fourth-order valence-electron chi connectivity index (χ4n) is 11.1. The molecule has 0 spiro atoms. The number of fused-ring (bicyclic) bond motifs is 16. The van der Waals surface area contributed by atoms with Gasteiger partial charge in [0.05, 0.1) is 22.1 Å². The molecule has 286 valence electrons. The lowest BCUT2D eigenvalue weighted by atomic mass is 9.84. The topological polar surface area (TPSA) is 9.86 Å². The van der Waals surface area contributed by atoms with Crippen LogP contribution in [-0.4, -0.2) is 9.13 Å². The Labute approximate surface area is 356 Å². The molecular weight excluding hydrogens is 749 g/mol. The summed E-state index contributed by atoms with van der Waals surface area (Å²) >= 11 is 0. The molecule has 0 amide bonds. The van der Waals surface area contributed by atoms with E-state index in [1.54, 1.807) is 0 Å². The normalized spacial score (nSPS) is 12.2. The molecule has 2 heterocycles. The zero-order chi connectivity index (χ0) is 40.5. The van der Waals surface area contributed by atoms with E-state index >= 15 is 0 Å². The SMILES string of the molecule is c1cc2c3c(c1)c1ccccc1c1ccc(-n4c5ccccc5c5cc(-n6c7ccccc7c7ccccc76)ccc54)cc1c1cccc(c1-3)c1ccccc1c1ccccc21. The lowest BCUT2D eigenvalue weighted by Crippen LogP contribution is -1.96. The summed E-state index contributed by atoms with van der Waals surface area (Å²) in [5.41, 5.74) is 9.67. The third-order valence-electron chi connectivity index (χ3n) is 13.7. The molecule has 0 N–H and O–H groups in total. The Morgan fingerprint density at radius 1 is 0.177 bits per heavy atom. The smallest absolute Gasteiger partial charge is 0.0542 e. The molecule has 12 aromatic rings. The number of rotatable bonds is 2. The van der Waals surface area contributed by atoms with Gasteiger partial charge in [-0.2, -0.15) is 0 Å². The van der Waals surface area contributed by atoms with Gasteiger partial charge >= 0.3 is 0 Å². The van der Waals surface area contributed by atoms with Gasteiger partial charge in [-0.15, -0.1) is 0 Å². The summed E-state index contributed by atoms with van der Waals surface area (Å²) in [6.07, 6.45) is 0. The van der Waals surface area contributed by atoms with Gasteiger partial charge in [0.25, 0.3) is 0 Å². The molecule has 62 heavy (non-hydrogen) atoms. The average molecular weight is 785 g/mol. The zero-order valence-electron chi connectivity index (χ0n) is 33.7. The van der Waals surface area contributed by atoms with E-state index in [-0.39, 0.29) is 0 Å². The minimum atomic E-state index is 1.14. The Morgan fingerprint density at radius 2 is 0.452 bits per heavy atom. The first kappa shape index (κ1) is 33.6. The molecular formula is C60H36N2. The maximum absolute atomic E-state index is 2.48. The lowest BCUT2D eigenvalue weighted by Gasteiger charge is -2.20. The Hall–Kier alpha value is -8.20. The number of nitrogens with zero attached hydrogens (tertiary/aromatic N) is 2. The standard InChI is InChI=1S/C60H36N2/c1-4-18-42-39(15-1)40-16-2-5-19-43(40)51-26-14-27-52-53-35-37(31-33-45(53)41-17-3-6-20-44(41)50-25-13-24-49(42)59(50)60(51)52)62-57-30-12-9-23-48(57)54-36-38(32-34-58(54)62)61-55-28-10-7-21-46(55)47-22-8-11-29-56(47)61/h1-36H. The van der Waals surface area contributed by atoms with Gasteiger partial charge in [-0.3, -0.25) is 0 Å². The maximum Gasteiger partial charge on any atom is 0.0542 e. The molecule has 2 nitrogen and oxygen atoms in total. The van der Waals surface area contributed by atoms with Crippen molar-refractivity contribution in [2.75, 3.05) is 0 Å². The minimum absolute atomic E-state index is 1.14. The molecule has 0 saturated heterocycles. The van der Waals surface area contributed by atoms with Crippen LogP contribution >= 0.6 is 0 Å². The minimum Gasteiger partial charge on any atom is -0.309 e. The van der Waals surface area contributed by atoms with E-state index in [0.29, 0.717) is 0 Å². The van der Waals surface area contributed by atoms with Crippen LogP contribution in [0.15, 0.2) is 218 Å². The maximum atomic E-state index is 2.48. The van der Waals surface area contributed by atoms with Crippen LogP contribution in [0.3, 0.4) is 0 Å². The Kier molecular flexibility index (Phi) is 6.86. The molecule has 0 unspecified atom stereocenters. The van der Waals surface area contributed by atoms with Crippen molar-refractivity contribution in [3.63, 3.8) is 0 Å². The highest BCUT2D eigenvalue weighted by atomic mass is 15.0. The highest BCUT2D eigenvalue weighted by molar-refractivity contribution is 6.32. The van der Waals surface area contributed by atoms with E-state index < -0.39 is 0 Å². The number of para-hydroxylation sites is 3. The molecule has 0 saturated carbocycles. The van der Waals surface area contributed by atoms with Crippen molar-refractivity contribution in [3.8, 4) is 22.5 Å². The molecule has 2 aliphatic carbocycles. The van der Waals surface area contributed by atoms with Gasteiger partial charge in [-0.05, 0) is 124 Å². The molecule has 2 aliphatic rings. The summed E-state index contributed by atoms with van der Waals surface area (Å²) in [5, 5.41) is 20.0. The van der Waals surface area contributed by atoms with Crippen LogP contribution in [0.4, 0.5) is 0 Å². The predicted octanol–water partition coefficient (Wildman–Crippen LogP) is 16.5. The van der Waals surface area contributed by atoms with E-state index in [1.807, 2.05) is 0 Å². The van der Waals surface area contributed by atoms with E-state index in [0.717, 1.165) is 11.4 Å². The van der Waals surface area contributed by atoms with Crippen molar-refractivity contribution in [1.82, 2.24) is 9.13 Å². The van der Waals surface area contributed by atoms with E-state index in [4.69, 9.17) is 0 Å². The van der Waals surface area contributed by atoms with Gasteiger partial charge < -0.3 is 9.13 Å². The van der Waals surface area contributed by atoms with Gasteiger partial charge in [0.2, 0.25) is 0 Å². The Bertz CT molecular complexity index is 4170. The van der Waals surface area contributed by atoms with Crippen molar-refractivity contribution in [2.24, 2.45) is 0 Å². The second-order valence-electron chi connectivity index (χ2n) is 16.7. The fourth-order valence-corrected chi connectivity index (χ4v) is 11.1. The summed E-state index contributed by atoms with van der Waals surface area (Å²) in [6, 6.07) is 81.4. The van der Waals surface area contributed by atoms with Crippen molar-refractivity contribution >= 4 is 108 Å². The summed E-state index contributed by atoms with van der Waals surface area (Å²) in [7, 11) is 0. The van der Waals surface area contributed by atoms with Crippen LogP contribution < -0.4 is 0 Å². The van der Waals surface area contributed by atoms with Crippen LogP contribution in [0.5, 0.6) is 0 Å². The van der Waals surface area contributed by atoms with Crippen molar-refractivity contribution in [2.45, 2.75) is 0 Å². The Morgan fingerprint density at radius 3 is 0.887 bits per heavy atom. The van der Waals surface area contributed by atoms with Crippen LogP contribution in [0, 0.1) is 0 Å². The summed E-state index contributed by atoms with van der Waals surface area (Å²) < 4.78 is 4.90. The van der Waals surface area contributed by atoms with Crippen molar-refractivity contribution in [3.05, 3.63) is 218 Å². The molecule has 0 aliphatic heterocycles. The second kappa shape index (κ2) is 12.7. The van der Waals surface area contributed by atoms with Crippen LogP contribution in [0.2, 0.25) is 0 Å². The van der Waals surface area contributed by atoms with Gasteiger partial charge in [0.15, 0.2) is 0 Å². The fraction of sp³-hybridized carbons (Fsp3) is 0. The molecule has 10 aromatic carbocycles. The van der Waals surface area contributed by atoms with Gasteiger partial charge in [-0.25, -0.2) is 0 Å². The zero-order valence-corrected chi connectivity index (χ0v) is 33.7. The van der Waals surface area contributed by atoms with Gasteiger partial charge in [0, 0.05) is 32.9 Å². The quantitative estimate of drug-likeness (QED) is 0.165. The second-order valence-corrected chi connectivity index (χ2v) is 16.7. The summed E-state index contributed by atoms with van der Waals surface area (Å²) in [6.45, 7) is 0. The summed E-state index contributed by atoms with van der Waals surface area (Å²) in [5.74, 6) is 0.